The topological polar surface area (TPSA) is 17.1 Å². The molecule has 0 aliphatic rings. The molecule has 0 fully saturated rings. The molecule has 0 aliphatic heterocycles. The van der Waals surface area contributed by atoms with Crippen LogP contribution in [0.1, 0.15) is 41.0 Å². The lowest BCUT2D eigenvalue weighted by atomic mass is 9.97. The highest BCUT2D eigenvalue weighted by atomic mass is 16.1. The van der Waals surface area contributed by atoms with E-state index in [4.69, 9.17) is 0 Å². The minimum atomic E-state index is 0.174. The van der Waals surface area contributed by atoms with E-state index in [2.05, 4.69) is 6.92 Å². The molecule has 0 unspecified atom stereocenters. The number of carbonyl (C=O) groups excluding carboxylic acids is 1. The van der Waals surface area contributed by atoms with Gasteiger partial charge in [-0.05, 0) is 45.3 Å². The van der Waals surface area contributed by atoms with Crippen molar-refractivity contribution in [3.05, 3.63) is 22.8 Å². The van der Waals surface area contributed by atoms with Crippen molar-refractivity contribution in [3.63, 3.8) is 0 Å². The van der Waals surface area contributed by atoms with E-state index >= 15 is 0 Å². The van der Waals surface area contributed by atoms with E-state index in [-0.39, 0.29) is 5.78 Å². The van der Waals surface area contributed by atoms with Crippen molar-refractivity contribution in [2.24, 2.45) is 0 Å². The van der Waals surface area contributed by atoms with Crippen LogP contribution >= 0.6 is 0 Å². The second kappa shape index (κ2) is 4.91. The lowest BCUT2D eigenvalue weighted by Gasteiger charge is -2.07. The Morgan fingerprint density at radius 2 is 1.75 bits per heavy atom. The van der Waals surface area contributed by atoms with Gasteiger partial charge in [-0.2, -0.15) is 0 Å². The summed E-state index contributed by atoms with van der Waals surface area (Å²) < 4.78 is 0. The average Bonchev–Trinajstić information content (AvgIpc) is 2.05. The van der Waals surface area contributed by atoms with Crippen molar-refractivity contribution < 1.29 is 4.79 Å². The van der Waals surface area contributed by atoms with Crippen LogP contribution in [0.4, 0.5) is 0 Å². The Bertz CT molecular complexity index is 231. The maximum atomic E-state index is 11.1. The molecule has 1 nitrogen and oxygen atoms in total. The van der Waals surface area contributed by atoms with Crippen molar-refractivity contribution in [1.82, 2.24) is 0 Å². The summed E-state index contributed by atoms with van der Waals surface area (Å²) in [5.74, 6) is 0.174. The smallest absolute Gasteiger partial charge is 0.155 e. The molecule has 0 saturated heterocycles. The van der Waals surface area contributed by atoms with Crippen LogP contribution in [0.5, 0.6) is 0 Å². The van der Waals surface area contributed by atoms with E-state index < -0.39 is 0 Å². The molecule has 0 amide bonds. The molecular formula is C11H18O. The summed E-state index contributed by atoms with van der Waals surface area (Å²) >= 11 is 0. The van der Waals surface area contributed by atoms with E-state index in [1.165, 1.54) is 11.1 Å². The first kappa shape index (κ1) is 11.2. The van der Waals surface area contributed by atoms with Crippen LogP contribution < -0.4 is 0 Å². The van der Waals surface area contributed by atoms with Crippen LogP contribution in [-0.4, -0.2) is 5.78 Å². The van der Waals surface area contributed by atoms with Crippen molar-refractivity contribution in [2.45, 2.75) is 41.0 Å². The second-order valence-corrected chi connectivity index (χ2v) is 2.98. The number of carbonyl (C=O) groups is 1. The Morgan fingerprint density at radius 1 is 1.25 bits per heavy atom. The zero-order valence-corrected chi connectivity index (χ0v) is 8.69. The summed E-state index contributed by atoms with van der Waals surface area (Å²) in [6.07, 6.45) is 2.98. The molecule has 0 rings (SSSR count). The average molecular weight is 166 g/mol. The summed E-state index contributed by atoms with van der Waals surface area (Å²) in [6.45, 7) is 9.64. The molecule has 68 valence electrons. The van der Waals surface area contributed by atoms with Gasteiger partial charge in [-0.1, -0.05) is 18.6 Å². The fourth-order valence-corrected chi connectivity index (χ4v) is 1.23. The third-order valence-corrected chi connectivity index (χ3v) is 2.24. The van der Waals surface area contributed by atoms with E-state index in [1.54, 1.807) is 6.92 Å². The number of hydrogen-bond donors (Lipinski definition) is 0. The van der Waals surface area contributed by atoms with E-state index in [1.807, 2.05) is 26.8 Å². The minimum absolute atomic E-state index is 0.174. The third kappa shape index (κ3) is 2.65. The molecule has 0 aliphatic carbocycles. The van der Waals surface area contributed by atoms with Gasteiger partial charge in [0.05, 0.1) is 0 Å². The molecule has 0 saturated carbocycles. The van der Waals surface area contributed by atoms with Crippen LogP contribution in [-0.2, 0) is 4.79 Å². The van der Waals surface area contributed by atoms with Gasteiger partial charge in [-0.15, -0.1) is 0 Å². The first-order valence-electron chi connectivity index (χ1n) is 4.38. The van der Waals surface area contributed by atoms with Crippen LogP contribution in [0, 0.1) is 0 Å². The van der Waals surface area contributed by atoms with E-state index in [0.29, 0.717) is 0 Å². The molecule has 0 aromatic carbocycles. The van der Waals surface area contributed by atoms with Gasteiger partial charge >= 0.3 is 0 Å². The highest BCUT2D eigenvalue weighted by Crippen LogP contribution is 2.18. The summed E-state index contributed by atoms with van der Waals surface area (Å²) in [5.41, 5.74) is 3.29. The van der Waals surface area contributed by atoms with E-state index in [9.17, 15) is 4.79 Å². The molecule has 0 bridgehead atoms. The largest absolute Gasteiger partial charge is 0.295 e. The van der Waals surface area contributed by atoms with Crippen molar-refractivity contribution in [3.8, 4) is 0 Å². The first-order valence-corrected chi connectivity index (χ1v) is 4.38. The normalized spacial score (nSPS) is 14.2. The maximum absolute atomic E-state index is 11.1. The molecule has 0 aromatic rings. The Balaban J connectivity index is 5.00. The summed E-state index contributed by atoms with van der Waals surface area (Å²) in [6, 6.07) is 0. The van der Waals surface area contributed by atoms with Crippen LogP contribution in [0.2, 0.25) is 0 Å². The lowest BCUT2D eigenvalue weighted by Crippen LogP contribution is -1.98. The molecule has 0 spiro atoms. The van der Waals surface area contributed by atoms with Gasteiger partial charge in [0.15, 0.2) is 5.78 Å². The molecule has 0 atom stereocenters. The Morgan fingerprint density at radius 3 is 2.00 bits per heavy atom. The number of rotatable bonds is 3. The van der Waals surface area contributed by atoms with Crippen molar-refractivity contribution >= 4 is 5.78 Å². The lowest BCUT2D eigenvalue weighted by molar-refractivity contribution is -0.113. The predicted molar refractivity (Wildman–Crippen MR) is 53.1 cm³/mol. The van der Waals surface area contributed by atoms with Gasteiger partial charge in [0.2, 0.25) is 0 Å². The fraction of sp³-hybridized carbons (Fsp3) is 0.545. The molecule has 0 aromatic heterocycles. The van der Waals surface area contributed by atoms with Gasteiger partial charge in [0.1, 0.15) is 0 Å². The SMILES string of the molecule is C/C=C(C)/C(CC)=C(/C)C(C)=O. The number of hydrogen-bond acceptors (Lipinski definition) is 1. The monoisotopic (exact) mass is 166 g/mol. The molecule has 0 radical (unpaired) electrons. The van der Waals surface area contributed by atoms with Gasteiger partial charge in [0.25, 0.3) is 0 Å². The fourth-order valence-electron chi connectivity index (χ4n) is 1.23. The van der Waals surface area contributed by atoms with Crippen LogP contribution in [0.15, 0.2) is 22.8 Å². The predicted octanol–water partition coefficient (Wildman–Crippen LogP) is 3.27. The zero-order chi connectivity index (χ0) is 9.72. The Hall–Kier alpha value is -0.850. The number of ketones is 1. The van der Waals surface area contributed by atoms with Gasteiger partial charge in [-0.3, -0.25) is 4.79 Å². The highest BCUT2D eigenvalue weighted by Gasteiger charge is 2.05. The second-order valence-electron chi connectivity index (χ2n) is 2.98. The summed E-state index contributed by atoms with van der Waals surface area (Å²) in [4.78, 5) is 11.1. The number of Topliss-reactive ketones (excluding diaryl/α,β-unsaturated/α-hetero) is 1. The molecular weight excluding hydrogens is 148 g/mol. The quantitative estimate of drug-likeness (QED) is 0.464. The van der Waals surface area contributed by atoms with Crippen molar-refractivity contribution in [2.75, 3.05) is 0 Å². The number of allylic oxidation sites excluding steroid dienone is 4. The Labute approximate surface area is 75.2 Å². The maximum Gasteiger partial charge on any atom is 0.155 e. The van der Waals surface area contributed by atoms with Gasteiger partial charge in [-0.25, -0.2) is 0 Å². The van der Waals surface area contributed by atoms with Gasteiger partial charge in [0, 0.05) is 0 Å². The van der Waals surface area contributed by atoms with Gasteiger partial charge < -0.3 is 0 Å². The third-order valence-electron chi connectivity index (χ3n) is 2.24. The molecule has 0 N–H and O–H groups in total. The Kier molecular flexibility index (Phi) is 4.57. The first-order chi connectivity index (χ1) is 5.54. The summed E-state index contributed by atoms with van der Waals surface area (Å²) in [7, 11) is 0. The van der Waals surface area contributed by atoms with Crippen LogP contribution in [0.3, 0.4) is 0 Å². The minimum Gasteiger partial charge on any atom is -0.295 e. The summed E-state index contributed by atoms with van der Waals surface area (Å²) in [5, 5.41) is 0. The van der Waals surface area contributed by atoms with Crippen LogP contribution in [0.25, 0.3) is 0 Å². The molecule has 12 heavy (non-hydrogen) atoms. The van der Waals surface area contributed by atoms with Crippen molar-refractivity contribution in [1.29, 1.82) is 0 Å². The highest BCUT2D eigenvalue weighted by molar-refractivity contribution is 5.94. The van der Waals surface area contributed by atoms with E-state index in [0.717, 1.165) is 12.0 Å². The molecule has 1 heteroatoms. The zero-order valence-electron chi connectivity index (χ0n) is 8.69. The standard InChI is InChI=1S/C11H18O/c1-6-8(3)11(7-2)9(4)10(5)12/h6H,7H2,1-5H3/b8-6+,11-9-. The molecule has 0 heterocycles.